The van der Waals surface area contributed by atoms with Gasteiger partial charge in [0.25, 0.3) is 0 Å². The molecule has 0 unspecified atom stereocenters. The molecule has 1 fully saturated rings. The predicted octanol–water partition coefficient (Wildman–Crippen LogP) is 3.26. The van der Waals surface area contributed by atoms with E-state index < -0.39 is 0 Å². The van der Waals surface area contributed by atoms with Crippen LogP contribution in [0.2, 0.25) is 0 Å². The highest BCUT2D eigenvalue weighted by molar-refractivity contribution is 5.91. The van der Waals surface area contributed by atoms with E-state index in [0.717, 1.165) is 43.4 Å². The number of aromatic nitrogens is 1. The van der Waals surface area contributed by atoms with Gasteiger partial charge in [0.2, 0.25) is 5.91 Å². The molecule has 1 saturated heterocycles. The maximum absolute atomic E-state index is 11.7. The first kappa shape index (κ1) is 17.2. The van der Waals surface area contributed by atoms with E-state index >= 15 is 0 Å². The Morgan fingerprint density at radius 2 is 1.92 bits per heavy atom. The van der Waals surface area contributed by atoms with Gasteiger partial charge in [-0.05, 0) is 24.3 Å². The first-order valence-electron chi connectivity index (χ1n) is 8.59. The zero-order valence-corrected chi connectivity index (χ0v) is 14.7. The molecule has 1 amide bonds. The zero-order chi connectivity index (χ0) is 17.6. The average molecular weight is 340 g/mol. The molecule has 0 atom stereocenters. The SMILES string of the molecule is CC(C)C(=O)Nc1ccc(Nc2ccccc2N2CCOCC2)cn1. The quantitative estimate of drug-likeness (QED) is 0.874. The van der Waals surface area contributed by atoms with Crippen LogP contribution in [0.3, 0.4) is 0 Å². The lowest BCUT2D eigenvalue weighted by atomic mass is 10.2. The van der Waals surface area contributed by atoms with Crippen molar-refractivity contribution in [3.8, 4) is 0 Å². The first-order chi connectivity index (χ1) is 12.1. The molecule has 1 aromatic carbocycles. The van der Waals surface area contributed by atoms with Gasteiger partial charge in [-0.2, -0.15) is 0 Å². The number of benzene rings is 1. The second-order valence-electron chi connectivity index (χ2n) is 6.32. The molecule has 1 aliphatic rings. The molecule has 2 N–H and O–H groups in total. The number of nitrogens with one attached hydrogen (secondary N) is 2. The summed E-state index contributed by atoms with van der Waals surface area (Å²) in [7, 11) is 0. The maximum Gasteiger partial charge on any atom is 0.228 e. The van der Waals surface area contributed by atoms with Gasteiger partial charge in [0.05, 0.1) is 36.5 Å². The summed E-state index contributed by atoms with van der Waals surface area (Å²) in [6.07, 6.45) is 1.73. The number of carbonyl (C=O) groups excluding carboxylic acids is 1. The summed E-state index contributed by atoms with van der Waals surface area (Å²) in [5.74, 6) is 0.455. The number of anilines is 4. The fourth-order valence-electron chi connectivity index (χ4n) is 2.63. The number of carbonyl (C=O) groups is 1. The zero-order valence-electron chi connectivity index (χ0n) is 14.7. The monoisotopic (exact) mass is 340 g/mol. The predicted molar refractivity (Wildman–Crippen MR) is 100 cm³/mol. The average Bonchev–Trinajstić information content (AvgIpc) is 2.64. The lowest BCUT2D eigenvalue weighted by Crippen LogP contribution is -2.36. The third-order valence-electron chi connectivity index (χ3n) is 4.07. The fourth-order valence-corrected chi connectivity index (χ4v) is 2.63. The van der Waals surface area contributed by atoms with Crippen LogP contribution in [-0.4, -0.2) is 37.2 Å². The molecule has 25 heavy (non-hydrogen) atoms. The van der Waals surface area contributed by atoms with Crippen LogP contribution in [0.15, 0.2) is 42.6 Å². The lowest BCUT2D eigenvalue weighted by Gasteiger charge is -2.30. The van der Waals surface area contributed by atoms with Gasteiger partial charge >= 0.3 is 0 Å². The van der Waals surface area contributed by atoms with Gasteiger partial charge in [-0.25, -0.2) is 4.98 Å². The topological polar surface area (TPSA) is 66.5 Å². The van der Waals surface area contributed by atoms with Crippen molar-refractivity contribution in [1.82, 2.24) is 4.98 Å². The molecule has 0 aliphatic carbocycles. The van der Waals surface area contributed by atoms with Crippen LogP contribution in [-0.2, 0) is 9.53 Å². The number of morpholine rings is 1. The fraction of sp³-hybridized carbons (Fsp3) is 0.368. The van der Waals surface area contributed by atoms with Crippen molar-refractivity contribution in [1.29, 1.82) is 0 Å². The minimum absolute atomic E-state index is 0.0362. The van der Waals surface area contributed by atoms with E-state index in [9.17, 15) is 4.79 Å². The number of hydrogen-bond acceptors (Lipinski definition) is 5. The molecule has 1 aromatic heterocycles. The van der Waals surface area contributed by atoms with Crippen molar-refractivity contribution in [2.45, 2.75) is 13.8 Å². The second kappa shape index (κ2) is 7.98. The Hall–Kier alpha value is -2.60. The first-order valence-corrected chi connectivity index (χ1v) is 8.59. The van der Waals surface area contributed by atoms with Crippen LogP contribution < -0.4 is 15.5 Å². The van der Waals surface area contributed by atoms with Crippen molar-refractivity contribution in [2.24, 2.45) is 5.92 Å². The van der Waals surface area contributed by atoms with Crippen LogP contribution in [0.25, 0.3) is 0 Å². The number of amides is 1. The minimum atomic E-state index is -0.0694. The van der Waals surface area contributed by atoms with Gasteiger partial charge in [-0.15, -0.1) is 0 Å². The molecule has 0 radical (unpaired) electrons. The van der Waals surface area contributed by atoms with Gasteiger partial charge in [-0.1, -0.05) is 26.0 Å². The minimum Gasteiger partial charge on any atom is -0.378 e. The maximum atomic E-state index is 11.7. The normalized spacial score (nSPS) is 14.4. The highest BCUT2D eigenvalue weighted by Crippen LogP contribution is 2.29. The largest absolute Gasteiger partial charge is 0.378 e. The van der Waals surface area contributed by atoms with E-state index in [0.29, 0.717) is 5.82 Å². The highest BCUT2D eigenvalue weighted by Gasteiger charge is 2.14. The standard InChI is InChI=1S/C19H24N4O2/c1-14(2)19(24)22-18-8-7-15(13-20-18)21-16-5-3-4-6-17(16)23-9-11-25-12-10-23/h3-8,13-14,21H,9-12H2,1-2H3,(H,20,22,24). The molecule has 0 bridgehead atoms. The molecule has 132 valence electrons. The Kier molecular flexibility index (Phi) is 5.50. The molecular weight excluding hydrogens is 316 g/mol. The Balaban J connectivity index is 1.71. The van der Waals surface area contributed by atoms with Crippen LogP contribution >= 0.6 is 0 Å². The molecule has 0 saturated carbocycles. The summed E-state index contributed by atoms with van der Waals surface area (Å²) in [6.45, 7) is 6.98. The van der Waals surface area contributed by atoms with Gasteiger partial charge in [0.1, 0.15) is 5.82 Å². The van der Waals surface area contributed by atoms with Crippen LogP contribution in [0.4, 0.5) is 22.9 Å². The van der Waals surface area contributed by atoms with E-state index in [2.05, 4.69) is 32.7 Å². The van der Waals surface area contributed by atoms with Crippen LogP contribution in [0, 0.1) is 5.92 Å². The Morgan fingerprint density at radius 3 is 2.60 bits per heavy atom. The van der Waals surface area contributed by atoms with E-state index in [4.69, 9.17) is 4.74 Å². The molecule has 2 aromatic rings. The molecule has 0 spiro atoms. The molecular formula is C19H24N4O2. The van der Waals surface area contributed by atoms with Gasteiger partial charge in [0.15, 0.2) is 0 Å². The molecule has 1 aliphatic heterocycles. The second-order valence-corrected chi connectivity index (χ2v) is 6.32. The van der Waals surface area contributed by atoms with Gasteiger partial charge in [0, 0.05) is 19.0 Å². The number of pyridine rings is 1. The third kappa shape index (κ3) is 4.48. The lowest BCUT2D eigenvalue weighted by molar-refractivity contribution is -0.118. The van der Waals surface area contributed by atoms with Crippen LogP contribution in [0.5, 0.6) is 0 Å². The van der Waals surface area contributed by atoms with E-state index in [1.807, 2.05) is 32.0 Å². The molecule has 3 rings (SSSR count). The van der Waals surface area contributed by atoms with Crippen molar-refractivity contribution < 1.29 is 9.53 Å². The summed E-state index contributed by atoms with van der Waals surface area (Å²) < 4.78 is 5.43. The van der Waals surface area contributed by atoms with Crippen LogP contribution in [0.1, 0.15) is 13.8 Å². The smallest absolute Gasteiger partial charge is 0.228 e. The summed E-state index contributed by atoms with van der Waals surface area (Å²) in [6, 6.07) is 11.9. The highest BCUT2D eigenvalue weighted by atomic mass is 16.5. The summed E-state index contributed by atoms with van der Waals surface area (Å²) in [5, 5.41) is 6.21. The number of rotatable bonds is 5. The molecule has 6 heteroatoms. The van der Waals surface area contributed by atoms with Gasteiger partial charge < -0.3 is 20.3 Å². The Morgan fingerprint density at radius 1 is 1.16 bits per heavy atom. The molecule has 2 heterocycles. The van der Waals surface area contributed by atoms with E-state index in [-0.39, 0.29) is 11.8 Å². The Labute approximate surface area is 148 Å². The number of nitrogens with zero attached hydrogens (tertiary/aromatic N) is 2. The van der Waals surface area contributed by atoms with Crippen molar-refractivity contribution in [3.63, 3.8) is 0 Å². The number of para-hydroxylation sites is 2. The third-order valence-corrected chi connectivity index (χ3v) is 4.07. The number of hydrogen-bond donors (Lipinski definition) is 2. The van der Waals surface area contributed by atoms with E-state index in [1.54, 1.807) is 12.3 Å². The van der Waals surface area contributed by atoms with Crippen molar-refractivity contribution >= 4 is 28.8 Å². The molecule has 6 nitrogen and oxygen atoms in total. The summed E-state index contributed by atoms with van der Waals surface area (Å²) in [4.78, 5) is 18.4. The number of ether oxygens (including phenoxy) is 1. The summed E-state index contributed by atoms with van der Waals surface area (Å²) >= 11 is 0. The van der Waals surface area contributed by atoms with Crippen molar-refractivity contribution in [3.05, 3.63) is 42.6 Å². The Bertz CT molecular complexity index is 710. The van der Waals surface area contributed by atoms with Gasteiger partial charge in [-0.3, -0.25) is 4.79 Å². The van der Waals surface area contributed by atoms with E-state index in [1.165, 1.54) is 0 Å². The summed E-state index contributed by atoms with van der Waals surface area (Å²) in [5.41, 5.74) is 3.07. The van der Waals surface area contributed by atoms with Crippen molar-refractivity contribution in [2.75, 3.05) is 41.8 Å².